The number of methoxy groups -OCH3 is 1. The molecule has 0 unspecified atom stereocenters. The maximum absolute atomic E-state index is 13.7. The van der Waals surface area contributed by atoms with Gasteiger partial charge >= 0.3 is 0 Å². The van der Waals surface area contributed by atoms with Crippen molar-refractivity contribution in [1.82, 2.24) is 14.5 Å². The molecule has 0 fully saturated rings. The maximum atomic E-state index is 13.7. The average Bonchev–Trinajstić information content (AvgIpc) is 2.91. The van der Waals surface area contributed by atoms with Gasteiger partial charge in [0.2, 0.25) is 21.8 Å². The van der Waals surface area contributed by atoms with Crippen molar-refractivity contribution in [3.05, 3.63) is 95.6 Å². The normalized spacial score (nSPS) is 12.1. The zero-order chi connectivity index (χ0) is 27.0. The van der Waals surface area contributed by atoms with Crippen molar-refractivity contribution in [2.75, 3.05) is 27.7 Å². The van der Waals surface area contributed by atoms with E-state index in [1.807, 2.05) is 43.3 Å². The average molecular weight is 524 g/mol. The molecule has 0 heterocycles. The number of amides is 2. The van der Waals surface area contributed by atoms with Crippen LogP contribution < -0.4 is 10.1 Å². The maximum Gasteiger partial charge on any atom is 0.243 e. The van der Waals surface area contributed by atoms with Gasteiger partial charge in [-0.05, 0) is 42.3 Å². The van der Waals surface area contributed by atoms with Crippen LogP contribution in [0.4, 0.5) is 0 Å². The highest BCUT2D eigenvalue weighted by atomic mass is 32.2. The smallest absolute Gasteiger partial charge is 0.243 e. The lowest BCUT2D eigenvalue weighted by atomic mass is 10.0. The number of ether oxygens (including phenoxy) is 1. The van der Waals surface area contributed by atoms with Crippen LogP contribution in [0.15, 0.2) is 83.8 Å². The van der Waals surface area contributed by atoms with Gasteiger partial charge in [-0.2, -0.15) is 4.31 Å². The van der Waals surface area contributed by atoms with Gasteiger partial charge in [0.15, 0.2) is 0 Å². The number of nitrogens with one attached hydrogen (secondary N) is 1. The third kappa shape index (κ3) is 7.18. The lowest BCUT2D eigenvalue weighted by Crippen LogP contribution is -2.52. The van der Waals surface area contributed by atoms with Gasteiger partial charge in [0.1, 0.15) is 11.8 Å². The Hall–Kier alpha value is -3.69. The molecule has 0 aliphatic rings. The molecular formula is C28H33N3O5S. The number of nitrogens with zero attached hydrogens (tertiary/aromatic N) is 2. The SMILES string of the molecule is CNC(=O)[C@H](Cc1ccccc1)N(Cc1cccc(OC)c1)C(=O)CN(C)S(=O)(=O)c1ccc(C)cc1. The monoisotopic (exact) mass is 523 g/mol. The number of hydrogen-bond donors (Lipinski definition) is 1. The van der Waals surface area contributed by atoms with E-state index in [2.05, 4.69) is 5.32 Å². The highest BCUT2D eigenvalue weighted by Gasteiger charge is 2.32. The predicted octanol–water partition coefficient (Wildman–Crippen LogP) is 3.01. The molecule has 196 valence electrons. The van der Waals surface area contributed by atoms with Crippen LogP contribution in [0, 0.1) is 6.92 Å². The number of sulfonamides is 1. The summed E-state index contributed by atoms with van der Waals surface area (Å²) in [5, 5.41) is 2.65. The van der Waals surface area contributed by atoms with Crippen molar-refractivity contribution in [2.24, 2.45) is 0 Å². The molecule has 0 radical (unpaired) electrons. The summed E-state index contributed by atoms with van der Waals surface area (Å²) in [5.74, 6) is -0.224. The molecule has 0 saturated carbocycles. The summed E-state index contributed by atoms with van der Waals surface area (Å²) in [5.41, 5.74) is 2.55. The van der Waals surface area contributed by atoms with E-state index in [0.717, 1.165) is 21.0 Å². The number of likely N-dealkylation sites (N-methyl/N-ethyl adjacent to an activating group) is 2. The molecule has 37 heavy (non-hydrogen) atoms. The van der Waals surface area contributed by atoms with Gasteiger partial charge < -0.3 is 15.0 Å². The summed E-state index contributed by atoms with van der Waals surface area (Å²) in [6.45, 7) is 1.54. The van der Waals surface area contributed by atoms with Gasteiger partial charge in [-0.25, -0.2) is 8.42 Å². The second-order valence-corrected chi connectivity index (χ2v) is 10.8. The van der Waals surface area contributed by atoms with Crippen LogP contribution in [0.5, 0.6) is 5.75 Å². The first-order chi connectivity index (χ1) is 17.6. The van der Waals surface area contributed by atoms with E-state index in [0.29, 0.717) is 5.75 Å². The first-order valence-electron chi connectivity index (χ1n) is 11.9. The number of hydrogen-bond acceptors (Lipinski definition) is 5. The Kier molecular flexibility index (Phi) is 9.43. The minimum atomic E-state index is -3.91. The summed E-state index contributed by atoms with van der Waals surface area (Å²) in [6.07, 6.45) is 0.269. The van der Waals surface area contributed by atoms with Gasteiger partial charge in [-0.3, -0.25) is 9.59 Å². The van der Waals surface area contributed by atoms with Crippen LogP contribution in [-0.2, 0) is 32.6 Å². The summed E-state index contributed by atoms with van der Waals surface area (Å²) in [4.78, 5) is 28.3. The second kappa shape index (κ2) is 12.5. The molecule has 3 aromatic carbocycles. The largest absolute Gasteiger partial charge is 0.497 e. The van der Waals surface area contributed by atoms with E-state index in [1.165, 1.54) is 31.1 Å². The Bertz CT molecular complexity index is 1310. The van der Waals surface area contributed by atoms with E-state index >= 15 is 0 Å². The molecule has 0 saturated heterocycles. The summed E-state index contributed by atoms with van der Waals surface area (Å²) in [7, 11) is 0.519. The first-order valence-corrected chi connectivity index (χ1v) is 13.3. The fourth-order valence-corrected chi connectivity index (χ4v) is 5.06. The molecular weight excluding hydrogens is 490 g/mol. The Labute approximate surface area is 218 Å². The molecule has 0 spiro atoms. The highest BCUT2D eigenvalue weighted by molar-refractivity contribution is 7.89. The van der Waals surface area contributed by atoms with Gasteiger partial charge in [0.05, 0.1) is 18.6 Å². The molecule has 0 aliphatic heterocycles. The number of rotatable bonds is 11. The zero-order valence-electron chi connectivity index (χ0n) is 21.5. The Balaban J connectivity index is 1.95. The predicted molar refractivity (Wildman–Crippen MR) is 143 cm³/mol. The summed E-state index contributed by atoms with van der Waals surface area (Å²) in [6, 6.07) is 22.2. The molecule has 8 nitrogen and oxygen atoms in total. The second-order valence-electron chi connectivity index (χ2n) is 8.77. The van der Waals surface area contributed by atoms with E-state index in [1.54, 1.807) is 37.4 Å². The van der Waals surface area contributed by atoms with Crippen LogP contribution in [0.3, 0.4) is 0 Å². The van der Waals surface area contributed by atoms with Crippen LogP contribution in [0.2, 0.25) is 0 Å². The van der Waals surface area contributed by atoms with Crippen molar-refractivity contribution < 1.29 is 22.7 Å². The van der Waals surface area contributed by atoms with Crippen molar-refractivity contribution in [2.45, 2.75) is 30.8 Å². The quantitative estimate of drug-likeness (QED) is 0.417. The van der Waals surface area contributed by atoms with Crippen LogP contribution >= 0.6 is 0 Å². The highest BCUT2D eigenvalue weighted by Crippen LogP contribution is 2.20. The molecule has 0 aromatic heterocycles. The molecule has 3 rings (SSSR count). The molecule has 1 atom stereocenters. The number of aryl methyl sites for hydroxylation is 1. The minimum absolute atomic E-state index is 0.0966. The topological polar surface area (TPSA) is 96.0 Å². The van der Waals surface area contributed by atoms with E-state index in [4.69, 9.17) is 4.74 Å². The summed E-state index contributed by atoms with van der Waals surface area (Å²) < 4.78 is 32.6. The van der Waals surface area contributed by atoms with Gasteiger partial charge in [0.25, 0.3) is 0 Å². The fourth-order valence-electron chi connectivity index (χ4n) is 3.94. The lowest BCUT2D eigenvalue weighted by Gasteiger charge is -2.32. The van der Waals surface area contributed by atoms with E-state index in [-0.39, 0.29) is 23.8 Å². The number of carbonyl (C=O) groups excluding carboxylic acids is 2. The first kappa shape index (κ1) is 27.9. The molecule has 9 heteroatoms. The Morgan fingerprint density at radius 1 is 0.946 bits per heavy atom. The van der Waals surface area contributed by atoms with Gasteiger partial charge in [-0.1, -0.05) is 60.2 Å². The van der Waals surface area contributed by atoms with Crippen LogP contribution in [0.25, 0.3) is 0 Å². The molecule has 0 bridgehead atoms. The van der Waals surface area contributed by atoms with Crippen molar-refractivity contribution in [3.8, 4) is 5.75 Å². The molecule has 3 aromatic rings. The van der Waals surface area contributed by atoms with E-state index < -0.39 is 28.5 Å². The third-order valence-electron chi connectivity index (χ3n) is 6.09. The zero-order valence-corrected chi connectivity index (χ0v) is 22.4. The Morgan fingerprint density at radius 3 is 2.22 bits per heavy atom. The summed E-state index contributed by atoms with van der Waals surface area (Å²) >= 11 is 0. The number of benzene rings is 3. The molecule has 1 N–H and O–H groups in total. The van der Waals surface area contributed by atoms with Gasteiger partial charge in [0, 0.05) is 27.1 Å². The van der Waals surface area contributed by atoms with Crippen molar-refractivity contribution >= 4 is 21.8 Å². The minimum Gasteiger partial charge on any atom is -0.497 e. The van der Waals surface area contributed by atoms with Crippen molar-refractivity contribution in [1.29, 1.82) is 0 Å². The third-order valence-corrected chi connectivity index (χ3v) is 7.91. The lowest BCUT2D eigenvalue weighted by molar-refractivity contribution is -0.141. The van der Waals surface area contributed by atoms with Crippen molar-refractivity contribution in [3.63, 3.8) is 0 Å². The van der Waals surface area contributed by atoms with Crippen LogP contribution in [-0.4, -0.2) is 63.2 Å². The number of carbonyl (C=O) groups is 2. The Morgan fingerprint density at radius 2 is 1.59 bits per heavy atom. The van der Waals surface area contributed by atoms with E-state index in [9.17, 15) is 18.0 Å². The van der Waals surface area contributed by atoms with Gasteiger partial charge in [-0.15, -0.1) is 0 Å². The molecule has 0 aliphatic carbocycles. The fraction of sp³-hybridized carbons (Fsp3) is 0.286. The molecule has 2 amide bonds. The standard InChI is InChI=1S/C28H33N3O5S/c1-21-13-15-25(16-14-21)37(34,35)30(3)20-27(32)31(19-23-11-8-12-24(17-23)36-4)26(28(33)29-2)18-22-9-6-5-7-10-22/h5-17,26H,18-20H2,1-4H3,(H,29,33)/t26-/m0/s1. The van der Waals surface area contributed by atoms with Crippen LogP contribution in [0.1, 0.15) is 16.7 Å².